The highest BCUT2D eigenvalue weighted by molar-refractivity contribution is 5.73. The molecule has 2 fully saturated rings. The fraction of sp³-hybridized carbons (Fsp3) is 0.909. The first-order chi connectivity index (χ1) is 6.70. The lowest BCUT2D eigenvalue weighted by molar-refractivity contribution is -0.147. The van der Waals surface area contributed by atoms with Gasteiger partial charge in [-0.1, -0.05) is 12.8 Å². The van der Waals surface area contributed by atoms with Crippen molar-refractivity contribution in [2.24, 2.45) is 0 Å². The molecule has 0 aromatic heterocycles. The van der Waals surface area contributed by atoms with Crippen LogP contribution in [0.2, 0.25) is 0 Å². The summed E-state index contributed by atoms with van der Waals surface area (Å²) in [7, 11) is 0. The summed E-state index contributed by atoms with van der Waals surface area (Å²) in [5, 5.41) is 9.05. The Morgan fingerprint density at radius 3 is 1.86 bits per heavy atom. The molecule has 2 aliphatic rings. The maximum absolute atomic E-state index is 11.0. The average Bonchev–Trinajstić information content (AvgIpc) is 1.94. The van der Waals surface area contributed by atoms with E-state index in [-0.39, 0.29) is 6.04 Å². The van der Waals surface area contributed by atoms with E-state index in [1.54, 1.807) is 0 Å². The summed E-state index contributed by atoms with van der Waals surface area (Å²) < 4.78 is 0. The van der Waals surface area contributed by atoms with E-state index in [9.17, 15) is 4.79 Å². The molecule has 2 aliphatic carbocycles. The zero-order valence-electron chi connectivity index (χ0n) is 8.78. The molecule has 0 saturated heterocycles. The molecule has 1 atom stereocenters. The van der Waals surface area contributed by atoms with Crippen molar-refractivity contribution in [3.8, 4) is 0 Å². The van der Waals surface area contributed by atoms with Gasteiger partial charge in [0.15, 0.2) is 0 Å². The minimum atomic E-state index is -0.663. The number of carboxylic acid groups (broad SMARTS) is 1. The summed E-state index contributed by atoms with van der Waals surface area (Å²) in [5.41, 5.74) is 0. The van der Waals surface area contributed by atoms with Gasteiger partial charge in [-0.25, -0.2) is 0 Å². The van der Waals surface area contributed by atoms with Gasteiger partial charge < -0.3 is 5.11 Å². The minimum Gasteiger partial charge on any atom is -0.480 e. The molecule has 80 valence electrons. The van der Waals surface area contributed by atoms with Gasteiger partial charge in [0.25, 0.3) is 0 Å². The van der Waals surface area contributed by atoms with E-state index in [0.717, 1.165) is 0 Å². The van der Waals surface area contributed by atoms with Crippen molar-refractivity contribution in [2.75, 3.05) is 0 Å². The predicted molar refractivity (Wildman–Crippen MR) is 54.2 cm³/mol. The van der Waals surface area contributed by atoms with Gasteiger partial charge in [-0.15, -0.1) is 0 Å². The largest absolute Gasteiger partial charge is 0.480 e. The maximum atomic E-state index is 11.0. The first-order valence-electron chi connectivity index (χ1n) is 5.70. The van der Waals surface area contributed by atoms with Crippen molar-refractivity contribution >= 4 is 5.97 Å². The highest BCUT2D eigenvalue weighted by Gasteiger charge is 2.38. The topological polar surface area (TPSA) is 40.5 Å². The van der Waals surface area contributed by atoms with Gasteiger partial charge in [-0.2, -0.15) is 0 Å². The van der Waals surface area contributed by atoms with Crippen molar-refractivity contribution < 1.29 is 9.90 Å². The van der Waals surface area contributed by atoms with E-state index in [4.69, 9.17) is 5.11 Å². The van der Waals surface area contributed by atoms with Crippen LogP contribution in [0.5, 0.6) is 0 Å². The van der Waals surface area contributed by atoms with Gasteiger partial charge in [0.1, 0.15) is 6.04 Å². The molecule has 2 saturated carbocycles. The first-order valence-corrected chi connectivity index (χ1v) is 5.70. The summed E-state index contributed by atoms with van der Waals surface area (Å²) in [5.74, 6) is -0.663. The number of aliphatic carboxylic acids is 1. The van der Waals surface area contributed by atoms with Crippen molar-refractivity contribution in [3.05, 3.63) is 0 Å². The number of hydrogen-bond donors (Lipinski definition) is 1. The molecule has 0 radical (unpaired) electrons. The Labute approximate surface area is 85.1 Å². The van der Waals surface area contributed by atoms with Gasteiger partial charge >= 0.3 is 5.97 Å². The predicted octanol–water partition coefficient (Wildman–Crippen LogP) is 1.87. The summed E-state index contributed by atoms with van der Waals surface area (Å²) in [6.45, 7) is 1.83. The lowest BCUT2D eigenvalue weighted by Crippen LogP contribution is -2.55. The highest BCUT2D eigenvalue weighted by Crippen LogP contribution is 2.35. The van der Waals surface area contributed by atoms with E-state index in [2.05, 4.69) is 4.90 Å². The van der Waals surface area contributed by atoms with E-state index in [1.165, 1.54) is 38.5 Å². The molecule has 3 heteroatoms. The van der Waals surface area contributed by atoms with Crippen molar-refractivity contribution in [3.63, 3.8) is 0 Å². The fourth-order valence-electron chi connectivity index (χ4n) is 2.43. The van der Waals surface area contributed by atoms with Crippen LogP contribution in [0.3, 0.4) is 0 Å². The molecule has 0 aromatic rings. The Balaban J connectivity index is 2.00. The Bertz CT molecular complexity index is 207. The molecule has 0 bridgehead atoms. The number of carbonyl (C=O) groups is 1. The number of hydrogen-bond acceptors (Lipinski definition) is 2. The summed E-state index contributed by atoms with van der Waals surface area (Å²) >= 11 is 0. The Morgan fingerprint density at radius 1 is 1.21 bits per heavy atom. The SMILES string of the molecule is CC(C(=O)O)N(C1CCC1)C1CCC1. The summed E-state index contributed by atoms with van der Waals surface area (Å²) in [6, 6.07) is 0.836. The van der Waals surface area contributed by atoms with E-state index in [0.29, 0.717) is 12.1 Å². The third-order valence-corrected chi connectivity index (χ3v) is 3.80. The van der Waals surface area contributed by atoms with Crippen LogP contribution in [0.1, 0.15) is 45.4 Å². The maximum Gasteiger partial charge on any atom is 0.320 e. The molecule has 0 heterocycles. The second-order valence-corrected chi connectivity index (χ2v) is 4.63. The molecule has 14 heavy (non-hydrogen) atoms. The lowest BCUT2D eigenvalue weighted by atomic mass is 9.83. The van der Waals surface area contributed by atoms with Gasteiger partial charge in [-0.05, 0) is 32.6 Å². The van der Waals surface area contributed by atoms with Gasteiger partial charge in [0, 0.05) is 12.1 Å². The zero-order valence-corrected chi connectivity index (χ0v) is 8.78. The zero-order chi connectivity index (χ0) is 10.1. The van der Waals surface area contributed by atoms with Crippen molar-refractivity contribution in [2.45, 2.75) is 63.6 Å². The molecule has 1 unspecified atom stereocenters. The van der Waals surface area contributed by atoms with Gasteiger partial charge in [0.2, 0.25) is 0 Å². The molecular weight excluding hydrogens is 178 g/mol. The van der Waals surface area contributed by atoms with Crippen LogP contribution in [0, 0.1) is 0 Å². The number of rotatable bonds is 4. The molecular formula is C11H19NO2. The third-order valence-electron chi connectivity index (χ3n) is 3.80. The van der Waals surface area contributed by atoms with E-state index in [1.807, 2.05) is 6.92 Å². The van der Waals surface area contributed by atoms with E-state index < -0.39 is 5.97 Å². The second-order valence-electron chi connectivity index (χ2n) is 4.63. The van der Waals surface area contributed by atoms with E-state index >= 15 is 0 Å². The summed E-state index contributed by atoms with van der Waals surface area (Å²) in [4.78, 5) is 13.2. The molecule has 1 N–H and O–H groups in total. The van der Waals surface area contributed by atoms with Crippen LogP contribution >= 0.6 is 0 Å². The van der Waals surface area contributed by atoms with Crippen LogP contribution in [-0.2, 0) is 4.79 Å². The van der Waals surface area contributed by atoms with Crippen molar-refractivity contribution in [1.82, 2.24) is 4.90 Å². The number of nitrogens with zero attached hydrogens (tertiary/aromatic N) is 1. The Morgan fingerprint density at radius 2 is 1.64 bits per heavy atom. The molecule has 0 aromatic carbocycles. The molecule has 2 rings (SSSR count). The number of carboxylic acids is 1. The minimum absolute atomic E-state index is 0.286. The molecule has 0 amide bonds. The summed E-state index contributed by atoms with van der Waals surface area (Å²) in [6.07, 6.45) is 7.37. The fourth-order valence-corrected chi connectivity index (χ4v) is 2.43. The molecule has 0 spiro atoms. The van der Waals surface area contributed by atoms with Crippen LogP contribution in [0.15, 0.2) is 0 Å². The first kappa shape index (κ1) is 9.97. The quantitative estimate of drug-likeness (QED) is 0.748. The van der Waals surface area contributed by atoms with Crippen molar-refractivity contribution in [1.29, 1.82) is 0 Å². The van der Waals surface area contributed by atoms with Gasteiger partial charge in [0.05, 0.1) is 0 Å². The molecule has 3 nitrogen and oxygen atoms in total. The standard InChI is InChI=1S/C11H19NO2/c1-8(11(13)14)12(9-4-2-5-9)10-6-3-7-10/h8-10H,2-7H2,1H3,(H,13,14). The van der Waals surface area contributed by atoms with Gasteiger partial charge in [-0.3, -0.25) is 9.69 Å². The molecule has 0 aliphatic heterocycles. The second kappa shape index (κ2) is 3.89. The normalized spacial score (nSPS) is 25.6. The average molecular weight is 197 g/mol. The third kappa shape index (κ3) is 1.65. The van der Waals surface area contributed by atoms with Crippen LogP contribution < -0.4 is 0 Å². The smallest absolute Gasteiger partial charge is 0.320 e. The van der Waals surface area contributed by atoms with Crippen LogP contribution in [0.4, 0.5) is 0 Å². The lowest BCUT2D eigenvalue weighted by Gasteiger charge is -2.48. The van der Waals surface area contributed by atoms with Crippen LogP contribution in [-0.4, -0.2) is 34.1 Å². The monoisotopic (exact) mass is 197 g/mol. The Hall–Kier alpha value is -0.570. The Kier molecular flexibility index (Phi) is 2.77. The van der Waals surface area contributed by atoms with Crippen LogP contribution in [0.25, 0.3) is 0 Å². The highest BCUT2D eigenvalue weighted by atomic mass is 16.4.